The van der Waals surface area contributed by atoms with Crippen molar-refractivity contribution in [2.45, 2.75) is 36.0 Å². The van der Waals surface area contributed by atoms with Crippen LogP contribution in [0.4, 0.5) is 27.5 Å². The van der Waals surface area contributed by atoms with E-state index in [1.165, 1.54) is 6.07 Å². The summed E-state index contributed by atoms with van der Waals surface area (Å²) in [6.07, 6.45) is 4.35. The van der Waals surface area contributed by atoms with E-state index in [2.05, 4.69) is 20.9 Å². The second kappa shape index (κ2) is 10.3. The maximum atomic E-state index is 14.4. The number of nitrogens with zero attached hydrogens (tertiary/aromatic N) is 2. The number of hydrogen-bond acceptors (Lipinski definition) is 7. The van der Waals surface area contributed by atoms with Crippen LogP contribution in [0.2, 0.25) is 0 Å². The first-order chi connectivity index (χ1) is 19.3. The lowest BCUT2D eigenvalue weighted by Crippen LogP contribution is -2.28. The van der Waals surface area contributed by atoms with Crippen LogP contribution >= 0.6 is 0 Å². The average Bonchev–Trinajstić information content (AvgIpc) is 3.76. The van der Waals surface area contributed by atoms with Gasteiger partial charge in [-0.2, -0.15) is 4.98 Å². The predicted molar refractivity (Wildman–Crippen MR) is 155 cm³/mol. The van der Waals surface area contributed by atoms with Gasteiger partial charge in [0, 0.05) is 45.9 Å². The number of benzene rings is 3. The fourth-order valence-electron chi connectivity index (χ4n) is 5.03. The molecule has 0 spiro atoms. The summed E-state index contributed by atoms with van der Waals surface area (Å²) in [7, 11) is -2.88. The third kappa shape index (κ3) is 5.14. The molecule has 204 valence electrons. The van der Waals surface area contributed by atoms with E-state index in [1.807, 2.05) is 30.3 Å². The molecule has 2 heterocycles. The van der Waals surface area contributed by atoms with E-state index >= 15 is 0 Å². The molecule has 1 aliphatic heterocycles. The zero-order valence-electron chi connectivity index (χ0n) is 21.7. The highest BCUT2D eigenvalue weighted by Gasteiger charge is 2.52. The van der Waals surface area contributed by atoms with E-state index in [1.54, 1.807) is 42.6 Å². The van der Waals surface area contributed by atoms with Crippen LogP contribution in [-0.4, -0.2) is 32.4 Å². The molecule has 1 aromatic heterocycles. The lowest BCUT2D eigenvalue weighted by molar-refractivity contribution is -0.118. The zero-order chi connectivity index (χ0) is 27.7. The van der Waals surface area contributed by atoms with E-state index in [4.69, 9.17) is 9.76 Å². The summed E-state index contributed by atoms with van der Waals surface area (Å²) in [6, 6.07) is 20.9. The van der Waals surface area contributed by atoms with E-state index < -0.39 is 15.1 Å². The van der Waals surface area contributed by atoms with E-state index in [0.29, 0.717) is 65.2 Å². The second-order valence-corrected chi connectivity index (χ2v) is 12.4. The summed E-state index contributed by atoms with van der Waals surface area (Å²) < 4.78 is 35.7. The van der Waals surface area contributed by atoms with Crippen LogP contribution in [0, 0.1) is 10.6 Å². The van der Waals surface area contributed by atoms with Gasteiger partial charge in [-0.25, -0.2) is 18.4 Å². The molecule has 2 aliphatic rings. The van der Waals surface area contributed by atoms with Gasteiger partial charge in [0.05, 0.1) is 15.1 Å². The molecule has 0 saturated heterocycles. The molecule has 4 aromatic rings. The molecule has 1 atom stereocenters. The lowest BCUT2D eigenvalue weighted by atomic mass is 9.94. The summed E-state index contributed by atoms with van der Waals surface area (Å²) in [6.45, 7) is 0.600. The summed E-state index contributed by atoms with van der Waals surface area (Å²) in [4.78, 5) is 22.8. The molecule has 1 saturated carbocycles. The Labute approximate surface area is 232 Å². The van der Waals surface area contributed by atoms with Crippen molar-refractivity contribution in [2.24, 2.45) is 0 Å². The van der Waals surface area contributed by atoms with Crippen molar-refractivity contribution in [3.63, 3.8) is 0 Å². The van der Waals surface area contributed by atoms with Crippen molar-refractivity contribution in [3.05, 3.63) is 90.4 Å². The number of aromatic nitrogens is 2. The maximum absolute atomic E-state index is 14.4. The van der Waals surface area contributed by atoms with Crippen molar-refractivity contribution in [1.29, 1.82) is 4.78 Å². The van der Waals surface area contributed by atoms with Crippen LogP contribution in [-0.2, 0) is 19.9 Å². The number of amides is 1. The van der Waals surface area contributed by atoms with E-state index in [9.17, 15) is 13.4 Å². The Balaban J connectivity index is 1.23. The molecule has 0 radical (unpaired) electrons. The first kappa shape index (κ1) is 25.9. The van der Waals surface area contributed by atoms with Gasteiger partial charge >= 0.3 is 0 Å². The molecule has 3 aromatic carbocycles. The SMILES string of the molecule is N=S1(=O)CCCCNc2nc(ncc2-c2ccc(NC(=O)C3(c4ccccc4F)CC3)cc2)Nc2cccc1c2. The Kier molecular flexibility index (Phi) is 6.71. The van der Waals surface area contributed by atoms with Crippen molar-refractivity contribution in [3.8, 4) is 11.1 Å². The minimum atomic E-state index is -2.88. The largest absolute Gasteiger partial charge is 0.369 e. The molecule has 1 unspecified atom stereocenters. The highest BCUT2D eigenvalue weighted by atomic mass is 32.2. The number of carbonyl (C=O) groups excluding carboxylic acids is 1. The molecular weight excluding hydrogens is 527 g/mol. The fourth-order valence-corrected chi connectivity index (χ4v) is 6.49. The summed E-state index contributed by atoms with van der Waals surface area (Å²) in [5, 5.41) is 9.49. The standard InChI is InChI=1S/C30H29FN6O2S/c31-26-9-2-1-8-25(26)30(14-15-30)28(38)35-21-12-10-20(11-13-21)24-19-34-29-36-22-6-5-7-23(18-22)40(32,39)17-4-3-16-33-27(24)37-29/h1-2,5-13,18-19,32H,3-4,14-17H2,(H,35,38)(H2,33,34,36,37). The number of fused-ring (bicyclic) bond motifs is 4. The van der Waals surface area contributed by atoms with Crippen LogP contribution < -0.4 is 16.0 Å². The molecule has 8 nitrogen and oxygen atoms in total. The van der Waals surface area contributed by atoms with Crippen LogP contribution in [0.25, 0.3) is 11.1 Å². The second-order valence-electron chi connectivity index (χ2n) is 10.2. The first-order valence-electron chi connectivity index (χ1n) is 13.3. The Bertz CT molecular complexity index is 1690. The lowest BCUT2D eigenvalue weighted by Gasteiger charge is -2.17. The van der Waals surface area contributed by atoms with Crippen LogP contribution in [0.15, 0.2) is 83.9 Å². The minimum absolute atomic E-state index is 0.204. The summed E-state index contributed by atoms with van der Waals surface area (Å²) >= 11 is 0. The van der Waals surface area contributed by atoms with Crippen molar-refractivity contribution in [1.82, 2.24) is 9.97 Å². The van der Waals surface area contributed by atoms with Crippen LogP contribution in [0.5, 0.6) is 0 Å². The highest BCUT2D eigenvalue weighted by molar-refractivity contribution is 7.92. The van der Waals surface area contributed by atoms with Gasteiger partial charge < -0.3 is 16.0 Å². The van der Waals surface area contributed by atoms with Gasteiger partial charge in [0.2, 0.25) is 11.9 Å². The predicted octanol–water partition coefficient (Wildman–Crippen LogP) is 6.31. The van der Waals surface area contributed by atoms with Gasteiger partial charge in [0.25, 0.3) is 0 Å². The Hall–Kier alpha value is -4.31. The molecule has 4 bridgehead atoms. The quantitative estimate of drug-likeness (QED) is 0.234. The number of hydrogen-bond donors (Lipinski definition) is 4. The molecule has 1 amide bonds. The molecular formula is C30H29FN6O2S. The van der Waals surface area contributed by atoms with Crippen molar-refractivity contribution in [2.75, 3.05) is 28.2 Å². The van der Waals surface area contributed by atoms with Gasteiger partial charge in [0.15, 0.2) is 0 Å². The normalized spacial score (nSPS) is 19.5. The molecule has 6 rings (SSSR count). The average molecular weight is 557 g/mol. The number of nitrogens with one attached hydrogen (secondary N) is 4. The topological polar surface area (TPSA) is 120 Å². The van der Waals surface area contributed by atoms with Crippen molar-refractivity contribution < 1.29 is 13.4 Å². The molecule has 1 fully saturated rings. The minimum Gasteiger partial charge on any atom is -0.369 e. The first-order valence-corrected chi connectivity index (χ1v) is 15.0. The number of rotatable bonds is 4. The van der Waals surface area contributed by atoms with Gasteiger partial charge in [-0.05, 0) is 67.6 Å². The third-order valence-electron chi connectivity index (χ3n) is 7.44. The molecule has 4 N–H and O–H groups in total. The van der Waals surface area contributed by atoms with Crippen molar-refractivity contribution >= 4 is 38.8 Å². The Morgan fingerprint density at radius 2 is 1.82 bits per heavy atom. The van der Waals surface area contributed by atoms with Gasteiger partial charge in [-0.3, -0.25) is 4.79 Å². The van der Waals surface area contributed by atoms with Gasteiger partial charge in [-0.1, -0.05) is 36.4 Å². The summed E-state index contributed by atoms with van der Waals surface area (Å²) in [5.74, 6) is 0.758. The Morgan fingerprint density at radius 3 is 2.60 bits per heavy atom. The van der Waals surface area contributed by atoms with E-state index in [0.717, 1.165) is 17.5 Å². The van der Waals surface area contributed by atoms with Crippen LogP contribution in [0.1, 0.15) is 31.2 Å². The smallest absolute Gasteiger partial charge is 0.235 e. The van der Waals surface area contributed by atoms with Crippen LogP contribution in [0.3, 0.4) is 0 Å². The highest BCUT2D eigenvalue weighted by Crippen LogP contribution is 2.49. The molecule has 1 aliphatic carbocycles. The molecule has 40 heavy (non-hydrogen) atoms. The maximum Gasteiger partial charge on any atom is 0.235 e. The Morgan fingerprint density at radius 1 is 1.02 bits per heavy atom. The summed E-state index contributed by atoms with van der Waals surface area (Å²) in [5.41, 5.74) is 2.58. The third-order valence-corrected chi connectivity index (χ3v) is 9.32. The van der Waals surface area contributed by atoms with Gasteiger partial charge in [-0.15, -0.1) is 0 Å². The monoisotopic (exact) mass is 556 g/mol. The van der Waals surface area contributed by atoms with Gasteiger partial charge in [0.1, 0.15) is 11.6 Å². The number of anilines is 4. The zero-order valence-corrected chi connectivity index (χ0v) is 22.6. The van der Waals surface area contributed by atoms with E-state index in [-0.39, 0.29) is 11.7 Å². The fraction of sp³-hybridized carbons (Fsp3) is 0.233. The molecule has 10 heteroatoms. The number of carbonyl (C=O) groups is 1. The number of halogens is 1.